The summed E-state index contributed by atoms with van der Waals surface area (Å²) in [7, 11) is -4.84. The fourth-order valence-electron chi connectivity index (χ4n) is 6.39. The first-order valence-corrected chi connectivity index (χ1v) is 17.6. The first-order valence-electron chi connectivity index (χ1n) is 16.1. The Morgan fingerprint density at radius 3 is 1.52 bits per heavy atom. The predicted octanol–water partition coefficient (Wildman–Crippen LogP) is 1.75. The summed E-state index contributed by atoms with van der Waals surface area (Å²) in [5.74, 6) is -6.89. The number of carboxylic acids is 5. The van der Waals surface area contributed by atoms with Crippen molar-refractivity contribution < 1.29 is 108 Å². The number of carbonyl (C=O) groups is 5. The van der Waals surface area contributed by atoms with Crippen LogP contribution in [0.2, 0.25) is 0 Å². The van der Waals surface area contributed by atoms with Gasteiger partial charge in [-0.1, -0.05) is 60.7 Å². The van der Waals surface area contributed by atoms with Crippen molar-refractivity contribution in [3.63, 3.8) is 0 Å². The number of hydrogen-bond acceptors (Lipinski definition) is 11. The Kier molecular flexibility index (Phi) is 18.9. The zero-order chi connectivity index (χ0) is 37.6. The maximum Gasteiger partial charge on any atom is 3.00 e. The van der Waals surface area contributed by atoms with Gasteiger partial charge in [0, 0.05) is 31.1 Å². The first kappa shape index (κ1) is 45.3. The van der Waals surface area contributed by atoms with E-state index in [9.17, 15) is 48.8 Å². The minimum Gasteiger partial charge on any atom is -0.480 e. The zero-order valence-electron chi connectivity index (χ0n) is 28.2. The summed E-state index contributed by atoms with van der Waals surface area (Å²) in [4.78, 5) is 71.4. The molecule has 6 N–H and O–H groups in total. The second-order valence-electron chi connectivity index (χ2n) is 12.4. The Bertz CT molecular complexity index is 1450. The van der Waals surface area contributed by atoms with E-state index in [0.717, 1.165) is 20.9 Å². The van der Waals surface area contributed by atoms with Crippen molar-refractivity contribution in [1.29, 1.82) is 0 Å². The molecule has 0 amide bonds. The third-order valence-electron chi connectivity index (χ3n) is 8.62. The van der Waals surface area contributed by atoms with Crippen LogP contribution in [0.15, 0.2) is 60.7 Å². The standard InChI is InChI=1S/C33H44N3O14P.Gd/c37-28(38)18-34(15-16-35(19-29(39)40)20-30(41)42)17-26(36(21-31(43)44)22-32(45)46)23-49-51(47,48)50-27-11-13-33(14-12-27,24-7-3-1-4-8-24)25-9-5-2-6-10-25;/h1-10,26-27H,11-23H2,(H,37,38)(H,39,40)(H,41,42)(H,43,44)(H,45,46)(H,47,48);/q;+3. The minimum absolute atomic E-state index is 0. The van der Waals surface area contributed by atoms with E-state index in [1.165, 1.54) is 4.90 Å². The quantitative estimate of drug-likeness (QED) is 0.0870. The molecular weight excluding hydrogens is 851 g/mol. The Hall–Kier alpha value is -2.90. The molecule has 17 nitrogen and oxygen atoms in total. The summed E-state index contributed by atoms with van der Waals surface area (Å²) < 4.78 is 24.2. The molecule has 1 aliphatic rings. The van der Waals surface area contributed by atoms with Gasteiger partial charge in [-0.15, -0.1) is 0 Å². The van der Waals surface area contributed by atoms with Crippen LogP contribution in [0.5, 0.6) is 0 Å². The van der Waals surface area contributed by atoms with Crippen LogP contribution in [0, 0.1) is 39.9 Å². The molecule has 19 heteroatoms. The molecule has 0 saturated heterocycles. The largest absolute Gasteiger partial charge is 3.00 e. The van der Waals surface area contributed by atoms with Gasteiger partial charge in [0.2, 0.25) is 0 Å². The molecule has 0 aliphatic heterocycles. The van der Waals surface area contributed by atoms with Crippen LogP contribution in [0.25, 0.3) is 0 Å². The molecule has 0 aromatic heterocycles. The molecule has 2 atom stereocenters. The second-order valence-corrected chi connectivity index (χ2v) is 13.8. The van der Waals surface area contributed by atoms with Crippen LogP contribution >= 0.6 is 7.82 Å². The van der Waals surface area contributed by atoms with Crippen LogP contribution in [-0.4, -0.2) is 146 Å². The van der Waals surface area contributed by atoms with Gasteiger partial charge in [-0.2, -0.15) is 0 Å². The monoisotopic (exact) mass is 895 g/mol. The summed E-state index contributed by atoms with van der Waals surface area (Å²) in [6.45, 7) is -5.40. The van der Waals surface area contributed by atoms with Crippen molar-refractivity contribution in [1.82, 2.24) is 14.7 Å². The molecule has 2 unspecified atom stereocenters. The van der Waals surface area contributed by atoms with Crippen molar-refractivity contribution >= 4 is 37.7 Å². The van der Waals surface area contributed by atoms with E-state index in [0.29, 0.717) is 25.7 Å². The maximum absolute atomic E-state index is 13.3. The molecule has 1 saturated carbocycles. The number of phosphoric acid groups is 1. The molecule has 0 heterocycles. The molecule has 2 aromatic carbocycles. The normalized spacial score (nSPS) is 16.2. The Morgan fingerprint density at radius 2 is 1.10 bits per heavy atom. The van der Waals surface area contributed by atoms with Crippen molar-refractivity contribution in [2.24, 2.45) is 0 Å². The van der Waals surface area contributed by atoms with Gasteiger partial charge in [0.25, 0.3) is 0 Å². The summed E-state index contributed by atoms with van der Waals surface area (Å²) in [5, 5.41) is 46.8. The van der Waals surface area contributed by atoms with Crippen LogP contribution in [0.1, 0.15) is 36.8 Å². The third-order valence-corrected chi connectivity index (χ3v) is 9.66. The van der Waals surface area contributed by atoms with Crippen LogP contribution in [0.4, 0.5) is 0 Å². The summed E-state index contributed by atoms with van der Waals surface area (Å²) in [6.07, 6.45) is 1.27. The minimum atomic E-state index is -4.84. The summed E-state index contributed by atoms with van der Waals surface area (Å²) in [6, 6.07) is 18.5. The van der Waals surface area contributed by atoms with Gasteiger partial charge in [-0.3, -0.25) is 47.7 Å². The topological polar surface area (TPSA) is 252 Å². The van der Waals surface area contributed by atoms with E-state index in [-0.39, 0.29) is 58.4 Å². The zero-order valence-corrected chi connectivity index (χ0v) is 31.4. The predicted molar refractivity (Wildman–Crippen MR) is 179 cm³/mol. The Morgan fingerprint density at radius 1 is 0.692 bits per heavy atom. The van der Waals surface area contributed by atoms with Crippen LogP contribution < -0.4 is 0 Å². The van der Waals surface area contributed by atoms with Gasteiger partial charge in [0.1, 0.15) is 0 Å². The van der Waals surface area contributed by atoms with Gasteiger partial charge >= 0.3 is 77.6 Å². The average molecular weight is 895 g/mol. The Labute approximate surface area is 332 Å². The number of aliphatic carboxylic acids is 5. The average Bonchev–Trinajstić information content (AvgIpc) is 3.05. The number of phosphoric ester groups is 1. The molecule has 1 fully saturated rings. The van der Waals surface area contributed by atoms with E-state index >= 15 is 0 Å². The SMILES string of the molecule is O=C(O)CN(CCN(CC(=O)O)CC(COP(=O)(O)OC1CCC(c2ccccc2)(c2ccccc2)CC1)N(CC(=O)O)CC(=O)O)CC(=O)O.[Gd+3]. The van der Waals surface area contributed by atoms with Crippen molar-refractivity contribution in [3.05, 3.63) is 71.8 Å². The molecule has 52 heavy (non-hydrogen) atoms. The Balaban J connectivity index is 0.00000936. The molecule has 0 bridgehead atoms. The maximum atomic E-state index is 13.3. The molecule has 1 radical (unpaired) electrons. The van der Waals surface area contributed by atoms with E-state index in [1.807, 2.05) is 60.7 Å². The van der Waals surface area contributed by atoms with E-state index in [2.05, 4.69) is 0 Å². The summed E-state index contributed by atoms with van der Waals surface area (Å²) >= 11 is 0. The molecule has 3 rings (SSSR count). The van der Waals surface area contributed by atoms with Crippen molar-refractivity contribution in [2.75, 3.05) is 59.0 Å². The molecule has 285 valence electrons. The summed E-state index contributed by atoms with van der Waals surface area (Å²) in [5.41, 5.74) is 1.83. The smallest absolute Gasteiger partial charge is 0.480 e. The van der Waals surface area contributed by atoms with Gasteiger partial charge in [-0.05, 0) is 36.8 Å². The molecule has 0 spiro atoms. The van der Waals surface area contributed by atoms with Crippen LogP contribution in [0.3, 0.4) is 0 Å². The first-order chi connectivity index (χ1) is 24.1. The van der Waals surface area contributed by atoms with E-state index in [4.69, 9.17) is 19.3 Å². The number of carboxylic acid groups (broad SMARTS) is 5. The van der Waals surface area contributed by atoms with Gasteiger partial charge in [0.05, 0.1) is 45.4 Å². The number of rotatable bonds is 23. The van der Waals surface area contributed by atoms with Gasteiger partial charge in [0.15, 0.2) is 0 Å². The van der Waals surface area contributed by atoms with Crippen molar-refractivity contribution in [2.45, 2.75) is 43.2 Å². The molecule has 1 aliphatic carbocycles. The number of nitrogens with zero attached hydrogens (tertiary/aromatic N) is 3. The van der Waals surface area contributed by atoms with Crippen LogP contribution in [-0.2, 0) is 43.0 Å². The third kappa shape index (κ3) is 15.2. The molecular formula is C33H44GdN3O14P+3. The van der Waals surface area contributed by atoms with E-state index in [1.54, 1.807) is 0 Å². The second kappa shape index (κ2) is 21.7. The number of hydrogen-bond donors (Lipinski definition) is 6. The fraction of sp³-hybridized carbons (Fsp3) is 0.485. The van der Waals surface area contributed by atoms with Crippen molar-refractivity contribution in [3.8, 4) is 0 Å². The molecule has 2 aromatic rings. The number of benzene rings is 2. The fourth-order valence-corrected chi connectivity index (χ4v) is 7.39. The van der Waals surface area contributed by atoms with Gasteiger partial charge in [-0.25, -0.2) is 4.57 Å². The van der Waals surface area contributed by atoms with Gasteiger partial charge < -0.3 is 30.4 Å². The van der Waals surface area contributed by atoms with E-state index < -0.39 is 95.7 Å².